The molecule has 0 fully saturated rings. The summed E-state index contributed by atoms with van der Waals surface area (Å²) in [5, 5.41) is 0. The highest BCUT2D eigenvalue weighted by atomic mass is 16.5. The maximum Gasteiger partial charge on any atom is 0.225 e. The highest BCUT2D eigenvalue weighted by Gasteiger charge is 2.16. The number of nitrogens with zero attached hydrogens (tertiary/aromatic N) is 1. The summed E-state index contributed by atoms with van der Waals surface area (Å²) in [6, 6.07) is 0. The molecule has 4 nitrogen and oxygen atoms in total. The molecule has 0 heterocycles. The zero-order chi connectivity index (χ0) is 10.3. The first-order chi connectivity index (χ1) is 6.13. The molecule has 4 heteroatoms. The van der Waals surface area contributed by atoms with Gasteiger partial charge in [0.25, 0.3) is 0 Å². The molecule has 0 aromatic rings. The van der Waals surface area contributed by atoms with Crippen LogP contribution in [0.15, 0.2) is 0 Å². The van der Waals surface area contributed by atoms with Crippen LogP contribution in [0.4, 0.5) is 0 Å². The third-order valence-electron chi connectivity index (χ3n) is 1.88. The molecule has 1 unspecified atom stereocenters. The van der Waals surface area contributed by atoms with Crippen LogP contribution in [-0.4, -0.2) is 44.4 Å². The molecule has 0 N–H and O–H groups in total. The summed E-state index contributed by atoms with van der Waals surface area (Å²) >= 11 is 0. The number of amides is 1. The first kappa shape index (κ1) is 12.1. The molecule has 0 aliphatic carbocycles. The third-order valence-corrected chi connectivity index (χ3v) is 1.88. The highest BCUT2D eigenvalue weighted by molar-refractivity contribution is 5.80. The van der Waals surface area contributed by atoms with Crippen LogP contribution in [-0.2, 0) is 14.3 Å². The van der Waals surface area contributed by atoms with Gasteiger partial charge in [-0.25, -0.2) is 0 Å². The largest absolute Gasteiger partial charge is 0.383 e. The maximum absolute atomic E-state index is 11.5. The molecular weight excluding hydrogens is 170 g/mol. The molecule has 0 spiro atoms. The van der Waals surface area contributed by atoms with Crippen LogP contribution in [0.25, 0.3) is 0 Å². The smallest absolute Gasteiger partial charge is 0.225 e. The van der Waals surface area contributed by atoms with Gasteiger partial charge in [-0.15, -0.1) is 0 Å². The minimum absolute atomic E-state index is 0.0100. The molecule has 0 aliphatic heterocycles. The van der Waals surface area contributed by atoms with Crippen molar-refractivity contribution in [3.63, 3.8) is 0 Å². The fourth-order valence-corrected chi connectivity index (χ4v) is 0.960. The second-order valence-electron chi connectivity index (χ2n) is 3.06. The summed E-state index contributed by atoms with van der Waals surface area (Å²) in [5.41, 5.74) is 0. The van der Waals surface area contributed by atoms with E-state index >= 15 is 0 Å². The van der Waals surface area contributed by atoms with Crippen molar-refractivity contribution < 1.29 is 14.3 Å². The van der Waals surface area contributed by atoms with E-state index in [-0.39, 0.29) is 18.2 Å². The Labute approximate surface area is 78.9 Å². The maximum atomic E-state index is 11.5. The van der Waals surface area contributed by atoms with Crippen molar-refractivity contribution in [3.8, 4) is 0 Å². The molecule has 0 saturated carbocycles. The van der Waals surface area contributed by atoms with Gasteiger partial charge in [-0.2, -0.15) is 0 Å². The molecule has 0 aliphatic rings. The second-order valence-corrected chi connectivity index (χ2v) is 3.06. The summed E-state index contributed by atoms with van der Waals surface area (Å²) in [4.78, 5) is 23.2. The zero-order valence-electron chi connectivity index (χ0n) is 8.45. The Morgan fingerprint density at radius 1 is 1.62 bits per heavy atom. The SMILES string of the molecule is COCCN(C)C(=O)C(C)CC=O. The standard InChI is InChI=1S/C9H17NO3/c1-8(4-6-11)9(12)10(2)5-7-13-3/h6,8H,4-5,7H2,1-3H3. The van der Waals surface area contributed by atoms with Gasteiger partial charge in [0.1, 0.15) is 6.29 Å². The number of methoxy groups -OCH3 is 1. The van der Waals surface area contributed by atoms with E-state index in [1.165, 1.54) is 0 Å². The quantitative estimate of drug-likeness (QED) is 0.562. The van der Waals surface area contributed by atoms with Crippen LogP contribution in [0, 0.1) is 5.92 Å². The Morgan fingerprint density at radius 3 is 2.69 bits per heavy atom. The minimum atomic E-state index is -0.223. The average molecular weight is 187 g/mol. The van der Waals surface area contributed by atoms with Crippen LogP contribution >= 0.6 is 0 Å². The van der Waals surface area contributed by atoms with Crippen LogP contribution in [0.5, 0.6) is 0 Å². The van der Waals surface area contributed by atoms with Gasteiger partial charge in [-0.05, 0) is 0 Å². The van der Waals surface area contributed by atoms with Gasteiger partial charge in [0, 0.05) is 33.0 Å². The van der Waals surface area contributed by atoms with Crippen LogP contribution < -0.4 is 0 Å². The summed E-state index contributed by atoms with van der Waals surface area (Å²) in [6.45, 7) is 2.84. The summed E-state index contributed by atoms with van der Waals surface area (Å²) < 4.78 is 4.84. The normalized spacial score (nSPS) is 12.2. The van der Waals surface area contributed by atoms with E-state index < -0.39 is 0 Å². The summed E-state index contributed by atoms with van der Waals surface area (Å²) in [5.74, 6) is -0.233. The van der Waals surface area contributed by atoms with Gasteiger partial charge >= 0.3 is 0 Å². The van der Waals surface area contributed by atoms with Crippen molar-refractivity contribution in [2.24, 2.45) is 5.92 Å². The number of carbonyl (C=O) groups excluding carboxylic acids is 2. The molecule has 0 radical (unpaired) electrons. The van der Waals surface area contributed by atoms with Crippen LogP contribution in [0.3, 0.4) is 0 Å². The van der Waals surface area contributed by atoms with Crippen molar-refractivity contribution in [1.82, 2.24) is 4.90 Å². The predicted molar refractivity (Wildman–Crippen MR) is 49.4 cm³/mol. The molecule has 0 bridgehead atoms. The van der Waals surface area contributed by atoms with E-state index in [1.54, 1.807) is 26.0 Å². The molecule has 0 aromatic heterocycles. The summed E-state index contributed by atoms with van der Waals surface area (Å²) in [6.07, 6.45) is 1.06. The zero-order valence-corrected chi connectivity index (χ0v) is 8.45. The monoisotopic (exact) mass is 187 g/mol. The van der Waals surface area contributed by atoms with E-state index in [4.69, 9.17) is 4.74 Å². The number of hydrogen-bond acceptors (Lipinski definition) is 3. The minimum Gasteiger partial charge on any atom is -0.383 e. The average Bonchev–Trinajstić information content (AvgIpc) is 2.13. The number of aldehydes is 1. The lowest BCUT2D eigenvalue weighted by atomic mass is 10.1. The predicted octanol–water partition coefficient (Wildman–Crippen LogP) is 0.316. The van der Waals surface area contributed by atoms with Gasteiger partial charge < -0.3 is 14.4 Å². The van der Waals surface area contributed by atoms with E-state index in [1.807, 2.05) is 0 Å². The molecular formula is C9H17NO3. The van der Waals surface area contributed by atoms with Gasteiger partial charge in [-0.1, -0.05) is 6.92 Å². The lowest BCUT2D eigenvalue weighted by molar-refractivity contribution is -0.135. The third kappa shape index (κ3) is 4.62. The van der Waals surface area contributed by atoms with Gasteiger partial charge in [0.05, 0.1) is 6.61 Å². The first-order valence-electron chi connectivity index (χ1n) is 4.31. The van der Waals surface area contributed by atoms with E-state index in [0.29, 0.717) is 13.2 Å². The topological polar surface area (TPSA) is 46.6 Å². The Morgan fingerprint density at radius 2 is 2.23 bits per heavy atom. The number of carbonyl (C=O) groups is 2. The van der Waals surface area contributed by atoms with Crippen LogP contribution in [0.2, 0.25) is 0 Å². The number of likely N-dealkylation sites (N-methyl/N-ethyl adjacent to an activating group) is 1. The molecule has 0 aromatic carbocycles. The Balaban J connectivity index is 3.86. The Hall–Kier alpha value is -0.900. The van der Waals surface area contributed by atoms with Crippen molar-refractivity contribution in [1.29, 1.82) is 0 Å². The summed E-state index contributed by atoms with van der Waals surface area (Å²) in [7, 11) is 3.30. The Kier molecular flexibility index (Phi) is 6.14. The van der Waals surface area contributed by atoms with Crippen LogP contribution in [0.1, 0.15) is 13.3 Å². The number of hydrogen-bond donors (Lipinski definition) is 0. The number of ether oxygens (including phenoxy) is 1. The molecule has 1 amide bonds. The lowest BCUT2D eigenvalue weighted by Gasteiger charge is -2.19. The first-order valence-corrected chi connectivity index (χ1v) is 4.31. The van der Waals surface area contributed by atoms with Gasteiger partial charge in [0.15, 0.2) is 0 Å². The molecule has 13 heavy (non-hydrogen) atoms. The van der Waals surface area contributed by atoms with Crippen molar-refractivity contribution in [3.05, 3.63) is 0 Å². The molecule has 0 saturated heterocycles. The fourth-order valence-electron chi connectivity index (χ4n) is 0.960. The number of rotatable bonds is 6. The molecule has 76 valence electrons. The van der Waals surface area contributed by atoms with E-state index in [2.05, 4.69) is 0 Å². The van der Waals surface area contributed by atoms with E-state index in [9.17, 15) is 9.59 Å². The molecule has 0 rings (SSSR count). The fraction of sp³-hybridized carbons (Fsp3) is 0.778. The highest BCUT2D eigenvalue weighted by Crippen LogP contribution is 2.03. The van der Waals surface area contributed by atoms with Gasteiger partial charge in [0.2, 0.25) is 5.91 Å². The Bertz CT molecular complexity index is 170. The lowest BCUT2D eigenvalue weighted by Crippen LogP contribution is -2.34. The van der Waals surface area contributed by atoms with E-state index in [0.717, 1.165) is 6.29 Å². The van der Waals surface area contributed by atoms with Crippen molar-refractivity contribution in [2.45, 2.75) is 13.3 Å². The van der Waals surface area contributed by atoms with Crippen molar-refractivity contribution in [2.75, 3.05) is 27.3 Å². The molecule has 1 atom stereocenters. The van der Waals surface area contributed by atoms with Gasteiger partial charge in [-0.3, -0.25) is 4.79 Å². The van der Waals surface area contributed by atoms with Crippen molar-refractivity contribution >= 4 is 12.2 Å². The second kappa shape index (κ2) is 6.60.